The van der Waals surface area contributed by atoms with Crippen molar-refractivity contribution in [2.75, 3.05) is 4.90 Å². The van der Waals surface area contributed by atoms with Crippen molar-refractivity contribution in [3.05, 3.63) is 249 Å². The molecular formula is C62H41NO. The zero-order valence-corrected chi connectivity index (χ0v) is 35.0. The van der Waals surface area contributed by atoms with Gasteiger partial charge in [0.15, 0.2) is 0 Å². The third-order valence-corrected chi connectivity index (χ3v) is 12.7. The lowest BCUT2D eigenvalue weighted by Gasteiger charge is -2.28. The number of benzene rings is 11. The van der Waals surface area contributed by atoms with Crippen molar-refractivity contribution in [2.24, 2.45) is 0 Å². The van der Waals surface area contributed by atoms with Crippen molar-refractivity contribution in [3.8, 4) is 55.6 Å². The Morgan fingerprint density at radius 2 is 0.688 bits per heavy atom. The van der Waals surface area contributed by atoms with Crippen molar-refractivity contribution in [2.45, 2.75) is 0 Å². The molecule has 0 radical (unpaired) electrons. The molecule has 1 aromatic heterocycles. The average molecular weight is 816 g/mol. The van der Waals surface area contributed by atoms with Crippen molar-refractivity contribution in [1.82, 2.24) is 0 Å². The van der Waals surface area contributed by atoms with E-state index < -0.39 is 0 Å². The second-order valence-electron chi connectivity index (χ2n) is 16.4. The van der Waals surface area contributed by atoms with Crippen LogP contribution in [0.15, 0.2) is 253 Å². The molecular weight excluding hydrogens is 775 g/mol. The molecule has 2 nitrogen and oxygen atoms in total. The van der Waals surface area contributed by atoms with E-state index in [9.17, 15) is 0 Å². The van der Waals surface area contributed by atoms with E-state index in [-0.39, 0.29) is 0 Å². The number of hydrogen-bond donors (Lipinski definition) is 0. The zero-order chi connectivity index (χ0) is 42.4. The first kappa shape index (κ1) is 37.3. The largest absolute Gasteiger partial charge is 0.456 e. The monoisotopic (exact) mass is 815 g/mol. The van der Waals surface area contributed by atoms with E-state index in [1.165, 1.54) is 54.9 Å². The quantitative estimate of drug-likeness (QED) is 0.152. The van der Waals surface area contributed by atoms with E-state index >= 15 is 0 Å². The Labute approximate surface area is 372 Å². The molecule has 0 atom stereocenters. The summed E-state index contributed by atoms with van der Waals surface area (Å²) in [5.41, 5.74) is 16.8. The third-order valence-electron chi connectivity index (χ3n) is 12.7. The average Bonchev–Trinajstić information content (AvgIpc) is 3.75. The number of para-hydroxylation sites is 2. The summed E-state index contributed by atoms with van der Waals surface area (Å²) in [6, 6.07) is 89.7. The molecule has 0 bridgehead atoms. The van der Waals surface area contributed by atoms with Crippen LogP contribution in [0.5, 0.6) is 0 Å². The molecule has 12 aromatic rings. The molecule has 0 fully saturated rings. The Kier molecular flexibility index (Phi) is 9.20. The van der Waals surface area contributed by atoms with E-state index in [4.69, 9.17) is 4.42 Å². The summed E-state index contributed by atoms with van der Waals surface area (Å²) >= 11 is 0. The van der Waals surface area contributed by atoms with Gasteiger partial charge in [-0.1, -0.05) is 200 Å². The minimum atomic E-state index is 0.880. The molecule has 0 N–H and O–H groups in total. The summed E-state index contributed by atoms with van der Waals surface area (Å²) in [4.78, 5) is 2.38. The van der Waals surface area contributed by atoms with Gasteiger partial charge in [0.2, 0.25) is 0 Å². The highest BCUT2D eigenvalue weighted by atomic mass is 16.3. The van der Waals surface area contributed by atoms with Crippen LogP contribution < -0.4 is 4.90 Å². The summed E-state index contributed by atoms with van der Waals surface area (Å²) in [6.07, 6.45) is 0. The highest BCUT2D eigenvalue weighted by Crippen LogP contribution is 2.44. The standard InChI is InChI=1S/C62H41NO/c1-3-17-51-44(13-1)15-11-23-52(51)46-29-27-42(28-30-46)43-31-36-49(37-32-43)63(60-25-9-7-20-55(60)48-35-40-59-58-22-8-10-26-61(58)64-62(59)41-48)50-38-33-47(34-39-50)54-19-5-6-21-56(54)57-24-12-16-45-14-2-4-18-53(45)57/h1-41H. The molecule has 0 saturated carbocycles. The molecule has 1 heterocycles. The molecule has 2 heteroatoms. The van der Waals surface area contributed by atoms with Crippen LogP contribution in [-0.4, -0.2) is 0 Å². The minimum absolute atomic E-state index is 0.880. The van der Waals surface area contributed by atoms with Crippen LogP contribution in [0.1, 0.15) is 0 Å². The van der Waals surface area contributed by atoms with Crippen LogP contribution >= 0.6 is 0 Å². The molecule has 11 aromatic carbocycles. The summed E-state index contributed by atoms with van der Waals surface area (Å²) < 4.78 is 6.40. The molecule has 300 valence electrons. The zero-order valence-electron chi connectivity index (χ0n) is 35.0. The highest BCUT2D eigenvalue weighted by Gasteiger charge is 2.19. The summed E-state index contributed by atoms with van der Waals surface area (Å²) in [5, 5.41) is 7.26. The van der Waals surface area contributed by atoms with Gasteiger partial charge in [-0.3, -0.25) is 0 Å². The van der Waals surface area contributed by atoms with Gasteiger partial charge in [0.05, 0.1) is 5.69 Å². The lowest BCUT2D eigenvalue weighted by Crippen LogP contribution is -2.11. The Balaban J connectivity index is 0.947. The predicted octanol–water partition coefficient (Wildman–Crippen LogP) is 17.7. The first-order valence-corrected chi connectivity index (χ1v) is 21.9. The van der Waals surface area contributed by atoms with Crippen molar-refractivity contribution >= 4 is 60.5 Å². The van der Waals surface area contributed by atoms with Gasteiger partial charge in [-0.05, 0) is 120 Å². The molecule has 0 aliphatic carbocycles. The normalized spacial score (nSPS) is 11.4. The van der Waals surface area contributed by atoms with Gasteiger partial charge in [0.25, 0.3) is 0 Å². The van der Waals surface area contributed by atoms with Crippen LogP contribution in [0.25, 0.3) is 99.1 Å². The second kappa shape index (κ2) is 15.8. The SMILES string of the molecule is c1ccc(-c2cccc3ccccc23)c(-c2ccc(N(c3ccc(-c4ccc(-c5cccc6ccccc56)cc4)cc3)c3ccccc3-c3ccc4c(c3)oc3ccccc34)cc2)c1. The molecule has 12 rings (SSSR count). The van der Waals surface area contributed by atoms with Crippen LogP contribution in [0, 0.1) is 0 Å². The fourth-order valence-corrected chi connectivity index (χ4v) is 9.58. The number of furan rings is 1. The van der Waals surface area contributed by atoms with Crippen LogP contribution in [-0.2, 0) is 0 Å². The van der Waals surface area contributed by atoms with Gasteiger partial charge in [0, 0.05) is 27.7 Å². The molecule has 0 unspecified atom stereocenters. The fraction of sp³-hybridized carbons (Fsp3) is 0. The van der Waals surface area contributed by atoms with E-state index in [2.05, 4.69) is 241 Å². The van der Waals surface area contributed by atoms with E-state index in [1.807, 2.05) is 12.1 Å². The summed E-state index contributed by atoms with van der Waals surface area (Å²) in [7, 11) is 0. The Bertz CT molecular complexity index is 3640. The maximum atomic E-state index is 6.40. The topological polar surface area (TPSA) is 16.4 Å². The number of rotatable bonds is 8. The van der Waals surface area contributed by atoms with Crippen molar-refractivity contribution < 1.29 is 4.42 Å². The maximum absolute atomic E-state index is 6.40. The summed E-state index contributed by atoms with van der Waals surface area (Å²) in [5.74, 6) is 0. The van der Waals surface area contributed by atoms with Gasteiger partial charge in [-0.15, -0.1) is 0 Å². The summed E-state index contributed by atoms with van der Waals surface area (Å²) in [6.45, 7) is 0. The van der Waals surface area contributed by atoms with E-state index in [0.717, 1.165) is 61.3 Å². The minimum Gasteiger partial charge on any atom is -0.456 e. The van der Waals surface area contributed by atoms with E-state index in [0.29, 0.717) is 0 Å². The number of hydrogen-bond acceptors (Lipinski definition) is 2. The van der Waals surface area contributed by atoms with Gasteiger partial charge in [-0.2, -0.15) is 0 Å². The third kappa shape index (κ3) is 6.61. The molecule has 0 aliphatic rings. The van der Waals surface area contributed by atoms with Gasteiger partial charge >= 0.3 is 0 Å². The Morgan fingerprint density at radius 3 is 1.39 bits per heavy atom. The molecule has 64 heavy (non-hydrogen) atoms. The van der Waals surface area contributed by atoms with Gasteiger partial charge in [-0.25, -0.2) is 0 Å². The van der Waals surface area contributed by atoms with Crippen LogP contribution in [0.3, 0.4) is 0 Å². The number of fused-ring (bicyclic) bond motifs is 5. The van der Waals surface area contributed by atoms with Crippen LogP contribution in [0.2, 0.25) is 0 Å². The lowest BCUT2D eigenvalue weighted by molar-refractivity contribution is 0.669. The first-order chi connectivity index (χ1) is 31.7. The number of anilines is 3. The number of nitrogens with zero attached hydrogens (tertiary/aromatic N) is 1. The van der Waals surface area contributed by atoms with Gasteiger partial charge < -0.3 is 9.32 Å². The predicted molar refractivity (Wildman–Crippen MR) is 271 cm³/mol. The van der Waals surface area contributed by atoms with Crippen molar-refractivity contribution in [3.63, 3.8) is 0 Å². The van der Waals surface area contributed by atoms with E-state index in [1.54, 1.807) is 0 Å². The van der Waals surface area contributed by atoms with Gasteiger partial charge in [0.1, 0.15) is 11.2 Å². The first-order valence-electron chi connectivity index (χ1n) is 21.9. The second-order valence-corrected chi connectivity index (χ2v) is 16.4. The van der Waals surface area contributed by atoms with Crippen LogP contribution in [0.4, 0.5) is 17.1 Å². The molecule has 0 amide bonds. The smallest absolute Gasteiger partial charge is 0.136 e. The molecule has 0 aliphatic heterocycles. The molecule has 0 spiro atoms. The Morgan fingerprint density at radius 1 is 0.250 bits per heavy atom. The highest BCUT2D eigenvalue weighted by molar-refractivity contribution is 6.07. The van der Waals surface area contributed by atoms with Crippen molar-refractivity contribution in [1.29, 1.82) is 0 Å². The lowest BCUT2D eigenvalue weighted by atomic mass is 9.91. The Hall–Kier alpha value is -8.46. The molecule has 0 saturated heterocycles. The maximum Gasteiger partial charge on any atom is 0.136 e. The fourth-order valence-electron chi connectivity index (χ4n) is 9.58.